The molecule has 1 aromatic rings. The van der Waals surface area contributed by atoms with E-state index in [1.54, 1.807) is 0 Å². The summed E-state index contributed by atoms with van der Waals surface area (Å²) < 4.78 is 10.0. The van der Waals surface area contributed by atoms with E-state index in [1.807, 2.05) is 0 Å². The van der Waals surface area contributed by atoms with Gasteiger partial charge in [-0.2, -0.15) is 0 Å². The molecule has 1 N–H and O–H groups in total. The predicted molar refractivity (Wildman–Crippen MR) is 87.8 cm³/mol. The fourth-order valence-corrected chi connectivity index (χ4v) is 4.54. The number of fused-ring (bicyclic) bond motifs is 1. The number of cyclic esters (lactones) is 1. The van der Waals surface area contributed by atoms with Crippen molar-refractivity contribution in [2.75, 3.05) is 13.7 Å². The lowest BCUT2D eigenvalue weighted by molar-refractivity contribution is -0.145. The zero-order valence-electron chi connectivity index (χ0n) is 14.0. The fraction of sp³-hybridized carbons (Fsp3) is 0.579. The molecule has 2 fully saturated rings. The molecule has 0 bridgehead atoms. The minimum Gasteiger partial charge on any atom is -0.469 e. The molecule has 1 saturated heterocycles. The summed E-state index contributed by atoms with van der Waals surface area (Å²) in [7, 11) is 1.46. The number of nitrogens with one attached hydrogen (secondary N) is 1. The van der Waals surface area contributed by atoms with Crippen LogP contribution < -0.4 is 5.32 Å². The van der Waals surface area contributed by atoms with Crippen LogP contribution >= 0.6 is 0 Å². The highest BCUT2D eigenvalue weighted by Gasteiger charge is 2.46. The van der Waals surface area contributed by atoms with Crippen molar-refractivity contribution in [1.82, 2.24) is 5.32 Å². The van der Waals surface area contributed by atoms with E-state index < -0.39 is 0 Å². The first-order chi connectivity index (χ1) is 11.6. The second kappa shape index (κ2) is 5.80. The van der Waals surface area contributed by atoms with Crippen LogP contribution in [-0.2, 0) is 27.1 Å². The Morgan fingerprint density at radius 2 is 2.21 bits per heavy atom. The molecule has 1 amide bonds. The van der Waals surface area contributed by atoms with Gasteiger partial charge in [0.25, 0.3) is 0 Å². The van der Waals surface area contributed by atoms with Crippen molar-refractivity contribution < 1.29 is 19.1 Å². The van der Waals surface area contributed by atoms with Gasteiger partial charge >= 0.3 is 12.1 Å². The van der Waals surface area contributed by atoms with Crippen LogP contribution in [0, 0.1) is 5.92 Å². The van der Waals surface area contributed by atoms with Gasteiger partial charge in [0, 0.05) is 0 Å². The van der Waals surface area contributed by atoms with Crippen molar-refractivity contribution >= 4 is 12.1 Å². The van der Waals surface area contributed by atoms with Gasteiger partial charge in [-0.15, -0.1) is 0 Å². The molecule has 24 heavy (non-hydrogen) atoms. The Labute approximate surface area is 141 Å². The minimum atomic E-state index is -0.282. The van der Waals surface area contributed by atoms with Crippen molar-refractivity contribution in [2.45, 2.75) is 50.0 Å². The number of ether oxygens (including phenoxy) is 2. The molecule has 1 heterocycles. The molecule has 1 unspecified atom stereocenters. The van der Waals surface area contributed by atoms with Crippen LogP contribution in [0.3, 0.4) is 0 Å². The van der Waals surface area contributed by atoms with E-state index in [9.17, 15) is 9.59 Å². The Morgan fingerprint density at radius 3 is 2.96 bits per heavy atom. The number of alkyl carbamates (subject to hydrolysis) is 1. The van der Waals surface area contributed by atoms with Crippen LogP contribution in [-0.4, -0.2) is 31.3 Å². The van der Waals surface area contributed by atoms with E-state index in [1.165, 1.54) is 23.8 Å². The van der Waals surface area contributed by atoms with Gasteiger partial charge in [0.05, 0.1) is 18.6 Å². The fourth-order valence-electron chi connectivity index (χ4n) is 4.54. The van der Waals surface area contributed by atoms with E-state index in [0.717, 1.165) is 38.5 Å². The Kier molecular flexibility index (Phi) is 3.74. The highest BCUT2D eigenvalue weighted by molar-refractivity contribution is 5.73. The normalized spacial score (nSPS) is 31.5. The zero-order chi connectivity index (χ0) is 16.7. The van der Waals surface area contributed by atoms with Crippen LogP contribution in [0.1, 0.15) is 48.3 Å². The van der Waals surface area contributed by atoms with Crippen LogP contribution in [0.2, 0.25) is 0 Å². The summed E-state index contributed by atoms with van der Waals surface area (Å²) in [5.41, 5.74) is 3.82. The second-order valence-electron chi connectivity index (χ2n) is 7.41. The molecule has 3 atom stereocenters. The first-order valence-electron chi connectivity index (χ1n) is 8.73. The van der Waals surface area contributed by atoms with Crippen molar-refractivity contribution in [2.24, 2.45) is 5.92 Å². The van der Waals surface area contributed by atoms with Crippen LogP contribution in [0.15, 0.2) is 18.2 Å². The van der Waals surface area contributed by atoms with Gasteiger partial charge in [0.1, 0.15) is 6.61 Å². The summed E-state index contributed by atoms with van der Waals surface area (Å²) in [5.74, 6) is 0.365. The SMILES string of the molecule is COC(=O)C1CCc2cc([C@H]3CC[C@]4(COC(=O)N4)C3)ccc2C1. The van der Waals surface area contributed by atoms with Crippen LogP contribution in [0.5, 0.6) is 0 Å². The number of esters is 1. The van der Waals surface area contributed by atoms with Gasteiger partial charge in [-0.3, -0.25) is 4.79 Å². The Morgan fingerprint density at radius 1 is 1.33 bits per heavy atom. The zero-order valence-corrected chi connectivity index (χ0v) is 14.0. The summed E-state index contributed by atoms with van der Waals surface area (Å²) in [6, 6.07) is 6.68. The van der Waals surface area contributed by atoms with E-state index in [4.69, 9.17) is 9.47 Å². The molecule has 128 valence electrons. The van der Waals surface area contributed by atoms with Gasteiger partial charge in [-0.1, -0.05) is 18.2 Å². The van der Waals surface area contributed by atoms with Crippen molar-refractivity contribution in [3.05, 3.63) is 34.9 Å². The largest absolute Gasteiger partial charge is 0.469 e. The van der Waals surface area contributed by atoms with Gasteiger partial charge in [0.15, 0.2) is 0 Å². The number of carbonyl (C=O) groups is 2. The lowest BCUT2D eigenvalue weighted by atomic mass is 9.81. The number of hydrogen-bond acceptors (Lipinski definition) is 4. The number of hydrogen-bond donors (Lipinski definition) is 1. The van der Waals surface area contributed by atoms with Gasteiger partial charge < -0.3 is 14.8 Å². The van der Waals surface area contributed by atoms with Crippen molar-refractivity contribution in [3.8, 4) is 0 Å². The molecule has 1 saturated carbocycles. The van der Waals surface area contributed by atoms with Crippen LogP contribution in [0.4, 0.5) is 4.79 Å². The molecule has 0 radical (unpaired) electrons. The minimum absolute atomic E-state index is 0.00560. The van der Waals surface area contributed by atoms with Crippen LogP contribution in [0.25, 0.3) is 0 Å². The topological polar surface area (TPSA) is 64.6 Å². The predicted octanol–water partition coefficient (Wildman–Crippen LogP) is 2.71. The smallest absolute Gasteiger partial charge is 0.407 e. The molecule has 1 aliphatic heterocycles. The Balaban J connectivity index is 1.49. The average Bonchev–Trinajstić information content (AvgIpc) is 3.19. The third-order valence-corrected chi connectivity index (χ3v) is 5.92. The third kappa shape index (κ3) is 2.66. The first kappa shape index (κ1) is 15.5. The Bertz CT molecular complexity index is 686. The Hall–Kier alpha value is -2.04. The molecular weight excluding hydrogens is 306 g/mol. The van der Waals surface area contributed by atoms with E-state index in [-0.39, 0.29) is 23.5 Å². The maximum atomic E-state index is 11.8. The molecule has 5 heteroatoms. The highest BCUT2D eigenvalue weighted by atomic mass is 16.6. The molecule has 4 rings (SSSR count). The van der Waals surface area contributed by atoms with Crippen molar-refractivity contribution in [3.63, 3.8) is 0 Å². The molecule has 0 aromatic heterocycles. The second-order valence-corrected chi connectivity index (χ2v) is 7.41. The first-order valence-corrected chi connectivity index (χ1v) is 8.73. The molecular formula is C19H23NO4. The number of methoxy groups -OCH3 is 1. The van der Waals surface area contributed by atoms with Crippen molar-refractivity contribution in [1.29, 1.82) is 0 Å². The highest BCUT2D eigenvalue weighted by Crippen LogP contribution is 2.43. The number of carbonyl (C=O) groups excluding carboxylic acids is 2. The summed E-state index contributed by atoms with van der Waals surface area (Å²) in [5, 5.41) is 3.00. The monoisotopic (exact) mass is 329 g/mol. The van der Waals surface area contributed by atoms with Gasteiger partial charge in [-0.05, 0) is 61.1 Å². The molecule has 5 nitrogen and oxygen atoms in total. The average molecular weight is 329 g/mol. The third-order valence-electron chi connectivity index (χ3n) is 5.92. The molecule has 2 aliphatic carbocycles. The quantitative estimate of drug-likeness (QED) is 0.847. The molecule has 1 aromatic carbocycles. The van der Waals surface area contributed by atoms with Gasteiger partial charge in [-0.25, -0.2) is 4.79 Å². The molecule has 1 spiro atoms. The number of rotatable bonds is 2. The maximum absolute atomic E-state index is 11.8. The maximum Gasteiger partial charge on any atom is 0.407 e. The summed E-state index contributed by atoms with van der Waals surface area (Å²) in [6.45, 7) is 0.494. The summed E-state index contributed by atoms with van der Waals surface area (Å²) in [6.07, 6.45) is 5.29. The van der Waals surface area contributed by atoms with E-state index in [0.29, 0.717) is 12.5 Å². The number of aryl methyl sites for hydroxylation is 1. The summed E-state index contributed by atoms with van der Waals surface area (Å²) in [4.78, 5) is 23.1. The van der Waals surface area contributed by atoms with Gasteiger partial charge in [0.2, 0.25) is 0 Å². The lowest BCUT2D eigenvalue weighted by Gasteiger charge is -2.24. The summed E-state index contributed by atoms with van der Waals surface area (Å²) >= 11 is 0. The van der Waals surface area contributed by atoms with E-state index in [2.05, 4.69) is 23.5 Å². The standard InChI is InChI=1S/C19H23NO4/c1-23-17(21)15-5-4-12-8-14(3-2-13(12)9-15)16-6-7-19(10-16)11-24-18(22)20-19/h2-3,8,15-16H,4-7,9-11H2,1H3,(H,20,22)/t15?,16-,19+/m0/s1. The number of benzene rings is 1. The lowest BCUT2D eigenvalue weighted by Crippen LogP contribution is -2.40. The number of amides is 1. The molecule has 3 aliphatic rings. The van der Waals surface area contributed by atoms with E-state index >= 15 is 0 Å².